The van der Waals surface area contributed by atoms with E-state index in [0.29, 0.717) is 11.5 Å². The zero-order valence-corrected chi connectivity index (χ0v) is 16.1. The van der Waals surface area contributed by atoms with Crippen LogP contribution in [-0.2, 0) is 12.8 Å². The molecule has 1 N–H and O–H groups in total. The van der Waals surface area contributed by atoms with E-state index in [1.54, 1.807) is 25.6 Å². The number of hydrogen-bond donors (Lipinski definition) is 1. The third kappa shape index (κ3) is 3.66. The Morgan fingerprint density at radius 2 is 1.96 bits per heavy atom. The van der Waals surface area contributed by atoms with E-state index in [4.69, 9.17) is 9.47 Å². The SMILES string of the molecule is CC[C@@H]1CCc2sc(C(=O)Nc3cc(OC)c(OC)cc3C)cc2C1. The Morgan fingerprint density at radius 1 is 1.24 bits per heavy atom. The number of rotatable bonds is 5. The van der Waals surface area contributed by atoms with Crippen molar-refractivity contribution < 1.29 is 14.3 Å². The normalized spacial score (nSPS) is 16.2. The summed E-state index contributed by atoms with van der Waals surface area (Å²) in [6.07, 6.45) is 4.65. The summed E-state index contributed by atoms with van der Waals surface area (Å²) >= 11 is 1.63. The summed E-state index contributed by atoms with van der Waals surface area (Å²) in [7, 11) is 3.20. The van der Waals surface area contributed by atoms with Crippen LogP contribution in [0.4, 0.5) is 5.69 Å². The second-order valence-corrected chi connectivity index (χ2v) is 7.69. The van der Waals surface area contributed by atoms with Gasteiger partial charge in [-0.3, -0.25) is 4.79 Å². The number of amides is 1. The van der Waals surface area contributed by atoms with E-state index in [-0.39, 0.29) is 5.91 Å². The lowest BCUT2D eigenvalue weighted by molar-refractivity contribution is 0.103. The lowest BCUT2D eigenvalue weighted by atomic mass is 9.87. The molecule has 3 rings (SSSR count). The monoisotopic (exact) mass is 359 g/mol. The molecule has 1 aromatic heterocycles. The van der Waals surface area contributed by atoms with E-state index in [2.05, 4.69) is 18.3 Å². The largest absolute Gasteiger partial charge is 0.493 e. The number of thiophene rings is 1. The maximum atomic E-state index is 12.7. The van der Waals surface area contributed by atoms with Crippen LogP contribution >= 0.6 is 11.3 Å². The molecule has 1 aliphatic carbocycles. The predicted octanol–water partition coefficient (Wildman–Crippen LogP) is 4.84. The Bertz CT molecular complexity index is 781. The van der Waals surface area contributed by atoms with Crippen molar-refractivity contribution in [2.75, 3.05) is 19.5 Å². The minimum Gasteiger partial charge on any atom is -0.493 e. The summed E-state index contributed by atoms with van der Waals surface area (Å²) in [5.74, 6) is 1.98. The van der Waals surface area contributed by atoms with Gasteiger partial charge in [-0.1, -0.05) is 13.3 Å². The van der Waals surface area contributed by atoms with E-state index < -0.39 is 0 Å². The lowest BCUT2D eigenvalue weighted by Gasteiger charge is -2.19. The fraction of sp³-hybridized carbons (Fsp3) is 0.450. The van der Waals surface area contributed by atoms with Crippen molar-refractivity contribution >= 4 is 22.9 Å². The first-order valence-corrected chi connectivity index (χ1v) is 9.52. The predicted molar refractivity (Wildman–Crippen MR) is 102 cm³/mol. The molecule has 0 saturated carbocycles. The number of carbonyl (C=O) groups excluding carboxylic acids is 1. The third-order valence-corrected chi connectivity index (χ3v) is 6.20. The maximum Gasteiger partial charge on any atom is 0.265 e. The highest BCUT2D eigenvalue weighted by Crippen LogP contribution is 2.35. The Kier molecular flexibility index (Phi) is 5.33. The molecule has 0 unspecified atom stereocenters. The van der Waals surface area contributed by atoms with Gasteiger partial charge in [-0.05, 0) is 55.4 Å². The van der Waals surface area contributed by atoms with Crippen molar-refractivity contribution in [3.63, 3.8) is 0 Å². The van der Waals surface area contributed by atoms with E-state index in [1.165, 1.54) is 23.3 Å². The second-order valence-electron chi connectivity index (χ2n) is 6.55. The van der Waals surface area contributed by atoms with Crippen molar-refractivity contribution in [2.24, 2.45) is 5.92 Å². The van der Waals surface area contributed by atoms with E-state index in [1.807, 2.05) is 19.1 Å². The van der Waals surface area contributed by atoms with Crippen molar-refractivity contribution in [1.82, 2.24) is 0 Å². The number of ether oxygens (including phenoxy) is 2. The summed E-state index contributed by atoms with van der Waals surface area (Å²) in [6, 6.07) is 5.76. The molecule has 0 spiro atoms. The average molecular weight is 359 g/mol. The minimum absolute atomic E-state index is 0.0530. The number of hydrogen-bond acceptors (Lipinski definition) is 4. The average Bonchev–Trinajstić information content (AvgIpc) is 3.06. The first kappa shape index (κ1) is 17.8. The molecular formula is C20H25NO3S. The number of nitrogens with one attached hydrogen (secondary N) is 1. The molecule has 1 aromatic carbocycles. The van der Waals surface area contributed by atoms with Crippen LogP contribution in [-0.4, -0.2) is 20.1 Å². The van der Waals surface area contributed by atoms with Gasteiger partial charge in [0.05, 0.1) is 19.1 Å². The molecule has 1 aliphatic rings. The Labute approximate surface area is 153 Å². The van der Waals surface area contributed by atoms with Crippen molar-refractivity contribution in [3.05, 3.63) is 39.1 Å². The summed E-state index contributed by atoms with van der Waals surface area (Å²) in [5.41, 5.74) is 3.05. The van der Waals surface area contributed by atoms with Crippen LogP contribution in [0.25, 0.3) is 0 Å². The molecule has 0 fully saturated rings. The van der Waals surface area contributed by atoms with Gasteiger partial charge >= 0.3 is 0 Å². The molecule has 5 heteroatoms. The molecule has 134 valence electrons. The molecule has 4 nitrogen and oxygen atoms in total. The molecule has 1 amide bonds. The van der Waals surface area contributed by atoms with Gasteiger partial charge in [0.25, 0.3) is 5.91 Å². The summed E-state index contributed by atoms with van der Waals surface area (Å²) < 4.78 is 10.6. The molecular weight excluding hydrogens is 334 g/mol. The van der Waals surface area contributed by atoms with Crippen LogP contribution in [0.5, 0.6) is 11.5 Å². The molecule has 1 heterocycles. The van der Waals surface area contributed by atoms with E-state index >= 15 is 0 Å². The van der Waals surface area contributed by atoms with Crippen LogP contribution in [0.2, 0.25) is 0 Å². The third-order valence-electron chi connectivity index (χ3n) is 4.96. The Hall–Kier alpha value is -2.01. The zero-order chi connectivity index (χ0) is 18.0. The van der Waals surface area contributed by atoms with Gasteiger partial charge in [0, 0.05) is 16.6 Å². The highest BCUT2D eigenvalue weighted by atomic mass is 32.1. The van der Waals surface area contributed by atoms with Gasteiger partial charge in [0.15, 0.2) is 11.5 Å². The lowest BCUT2D eigenvalue weighted by Crippen LogP contribution is -2.12. The van der Waals surface area contributed by atoms with E-state index in [0.717, 1.165) is 34.9 Å². The Balaban J connectivity index is 1.80. The smallest absolute Gasteiger partial charge is 0.265 e. The number of aryl methyl sites for hydroxylation is 2. The van der Waals surface area contributed by atoms with Crippen LogP contribution in [0.3, 0.4) is 0 Å². The van der Waals surface area contributed by atoms with Gasteiger partial charge in [0.1, 0.15) is 0 Å². The van der Waals surface area contributed by atoms with Gasteiger partial charge in [-0.2, -0.15) is 0 Å². The van der Waals surface area contributed by atoms with Gasteiger partial charge in [-0.15, -0.1) is 11.3 Å². The highest BCUT2D eigenvalue weighted by Gasteiger charge is 2.22. The number of anilines is 1. The number of fused-ring (bicyclic) bond motifs is 1. The molecule has 0 bridgehead atoms. The minimum atomic E-state index is -0.0530. The first-order valence-electron chi connectivity index (χ1n) is 8.71. The number of benzene rings is 1. The highest BCUT2D eigenvalue weighted by molar-refractivity contribution is 7.14. The zero-order valence-electron chi connectivity index (χ0n) is 15.3. The number of carbonyl (C=O) groups is 1. The molecule has 0 saturated heterocycles. The molecule has 1 atom stereocenters. The summed E-state index contributed by atoms with van der Waals surface area (Å²) in [4.78, 5) is 14.9. The quantitative estimate of drug-likeness (QED) is 0.831. The summed E-state index contributed by atoms with van der Waals surface area (Å²) in [5, 5.41) is 3.02. The standard InChI is InChI=1S/C20H25NO3S/c1-5-13-6-7-18-14(9-13)10-19(25-18)20(22)21-15-11-17(24-4)16(23-3)8-12(15)2/h8,10-11,13H,5-7,9H2,1-4H3,(H,21,22)/t13-/m1/s1. The van der Waals surface area contributed by atoms with Crippen LogP contribution in [0.1, 0.15) is 45.4 Å². The summed E-state index contributed by atoms with van der Waals surface area (Å²) in [6.45, 7) is 4.19. The molecule has 0 radical (unpaired) electrons. The topological polar surface area (TPSA) is 47.6 Å². The van der Waals surface area contributed by atoms with Gasteiger partial charge < -0.3 is 14.8 Å². The number of methoxy groups -OCH3 is 2. The van der Waals surface area contributed by atoms with Crippen LogP contribution in [0.15, 0.2) is 18.2 Å². The van der Waals surface area contributed by atoms with E-state index in [9.17, 15) is 4.79 Å². The molecule has 2 aromatic rings. The van der Waals surface area contributed by atoms with Crippen molar-refractivity contribution in [2.45, 2.75) is 39.5 Å². The van der Waals surface area contributed by atoms with Gasteiger partial charge in [0.2, 0.25) is 0 Å². The van der Waals surface area contributed by atoms with Crippen molar-refractivity contribution in [3.8, 4) is 11.5 Å². The van der Waals surface area contributed by atoms with Crippen LogP contribution < -0.4 is 14.8 Å². The fourth-order valence-electron chi connectivity index (χ4n) is 3.36. The van der Waals surface area contributed by atoms with Crippen molar-refractivity contribution in [1.29, 1.82) is 0 Å². The molecule has 0 aliphatic heterocycles. The Morgan fingerprint density at radius 3 is 2.64 bits per heavy atom. The first-order chi connectivity index (χ1) is 12.0. The van der Waals surface area contributed by atoms with Crippen LogP contribution in [0, 0.1) is 12.8 Å². The fourth-order valence-corrected chi connectivity index (χ4v) is 4.46. The molecule has 25 heavy (non-hydrogen) atoms. The van der Waals surface area contributed by atoms with Gasteiger partial charge in [-0.25, -0.2) is 0 Å². The maximum absolute atomic E-state index is 12.7. The second kappa shape index (κ2) is 7.48.